The minimum atomic E-state index is -0.725. The van der Waals surface area contributed by atoms with Crippen LogP contribution in [-0.2, 0) is 25.6 Å². The summed E-state index contributed by atoms with van der Waals surface area (Å²) in [4.78, 5) is 61.2. The number of halogens is 2. The van der Waals surface area contributed by atoms with Crippen molar-refractivity contribution >= 4 is 52.7 Å². The average Bonchev–Trinajstić information content (AvgIpc) is 3.39. The van der Waals surface area contributed by atoms with Crippen LogP contribution in [-0.4, -0.2) is 59.1 Å². The summed E-state index contributed by atoms with van der Waals surface area (Å²) in [7, 11) is 1.26. The van der Waals surface area contributed by atoms with Crippen LogP contribution in [0.1, 0.15) is 67.9 Å². The SMILES string of the molecule is COC(=O)Nc1ccc2c(c1)NC(=O)CCCCC[C@H](C(=O)N1CCCCOC(=O)Nc3ccc(Cl)c(F)c3C1)c1nc-2c(C)[nH]1. The van der Waals surface area contributed by atoms with Gasteiger partial charge in [-0.05, 0) is 62.9 Å². The van der Waals surface area contributed by atoms with E-state index in [9.17, 15) is 19.2 Å². The number of benzene rings is 2. The molecule has 1 aromatic heterocycles. The van der Waals surface area contributed by atoms with Gasteiger partial charge in [-0.1, -0.05) is 24.4 Å². The molecule has 0 saturated carbocycles. The van der Waals surface area contributed by atoms with Crippen molar-refractivity contribution in [3.8, 4) is 11.3 Å². The number of anilines is 3. The van der Waals surface area contributed by atoms with Crippen LogP contribution in [0.5, 0.6) is 0 Å². The van der Waals surface area contributed by atoms with Gasteiger partial charge < -0.3 is 24.7 Å². The van der Waals surface area contributed by atoms with Crippen LogP contribution in [0.2, 0.25) is 5.02 Å². The maximum atomic E-state index is 15.4. The number of methoxy groups -OCH3 is 1. The second kappa shape index (κ2) is 14.6. The monoisotopic (exact) mass is 654 g/mol. The fourth-order valence-corrected chi connectivity index (χ4v) is 5.85. The third-order valence-corrected chi connectivity index (χ3v) is 8.35. The highest BCUT2D eigenvalue weighted by molar-refractivity contribution is 6.31. The maximum Gasteiger partial charge on any atom is 0.411 e. The summed E-state index contributed by atoms with van der Waals surface area (Å²) in [6.07, 6.45) is 2.33. The minimum Gasteiger partial charge on any atom is -0.453 e. The van der Waals surface area contributed by atoms with E-state index in [0.29, 0.717) is 79.2 Å². The van der Waals surface area contributed by atoms with E-state index in [1.807, 2.05) is 6.92 Å². The first-order valence-corrected chi connectivity index (χ1v) is 15.6. The van der Waals surface area contributed by atoms with Gasteiger partial charge in [0.2, 0.25) is 11.8 Å². The van der Waals surface area contributed by atoms with Crippen LogP contribution in [0.15, 0.2) is 30.3 Å². The number of cyclic esters (lactones) is 1. The van der Waals surface area contributed by atoms with Crippen LogP contribution in [0.25, 0.3) is 11.3 Å². The molecule has 14 heteroatoms. The molecule has 2 bridgehead atoms. The van der Waals surface area contributed by atoms with Crippen LogP contribution in [0.4, 0.5) is 31.0 Å². The molecule has 4 N–H and O–H groups in total. The number of nitrogens with zero attached hydrogens (tertiary/aromatic N) is 2. The van der Waals surface area contributed by atoms with E-state index in [0.717, 1.165) is 0 Å². The van der Waals surface area contributed by atoms with Crippen molar-refractivity contribution in [3.63, 3.8) is 0 Å². The molecule has 2 aliphatic heterocycles. The molecule has 3 heterocycles. The number of carbonyl (C=O) groups is 4. The van der Waals surface area contributed by atoms with Crippen molar-refractivity contribution in [1.29, 1.82) is 0 Å². The first-order chi connectivity index (χ1) is 22.1. The molecule has 2 aromatic carbocycles. The normalized spacial score (nSPS) is 17.7. The lowest BCUT2D eigenvalue weighted by Crippen LogP contribution is -2.36. The van der Waals surface area contributed by atoms with Crippen molar-refractivity contribution in [2.75, 3.05) is 36.2 Å². The first-order valence-electron chi connectivity index (χ1n) is 15.2. The van der Waals surface area contributed by atoms with E-state index in [2.05, 4.69) is 20.9 Å². The predicted molar refractivity (Wildman–Crippen MR) is 170 cm³/mol. The number of aromatic amines is 1. The third-order valence-electron chi connectivity index (χ3n) is 8.06. The zero-order chi connectivity index (χ0) is 32.8. The number of fused-ring (bicyclic) bond motifs is 5. The Hall–Kier alpha value is -4.65. The second-order valence-corrected chi connectivity index (χ2v) is 11.7. The molecule has 0 fully saturated rings. The molecule has 0 spiro atoms. The number of hydrogen-bond donors (Lipinski definition) is 4. The Bertz CT molecular complexity index is 1650. The highest BCUT2D eigenvalue weighted by atomic mass is 35.5. The Balaban J connectivity index is 1.53. The van der Waals surface area contributed by atoms with Crippen molar-refractivity contribution in [2.24, 2.45) is 0 Å². The molecule has 0 saturated heterocycles. The van der Waals surface area contributed by atoms with Gasteiger partial charge >= 0.3 is 12.2 Å². The largest absolute Gasteiger partial charge is 0.453 e. The van der Waals surface area contributed by atoms with E-state index in [-0.39, 0.29) is 47.7 Å². The van der Waals surface area contributed by atoms with Crippen molar-refractivity contribution < 1.29 is 33.0 Å². The highest BCUT2D eigenvalue weighted by Gasteiger charge is 2.31. The highest BCUT2D eigenvalue weighted by Crippen LogP contribution is 2.36. The van der Waals surface area contributed by atoms with Gasteiger partial charge in [-0.3, -0.25) is 20.2 Å². The number of amides is 4. The number of hydrogen-bond acceptors (Lipinski definition) is 7. The molecular weight excluding hydrogens is 619 g/mol. The van der Waals surface area contributed by atoms with Crippen LogP contribution in [0, 0.1) is 12.7 Å². The number of aryl methyl sites for hydroxylation is 1. The number of aromatic nitrogens is 2. The van der Waals surface area contributed by atoms with Crippen molar-refractivity contribution in [3.05, 3.63) is 58.3 Å². The van der Waals surface area contributed by atoms with E-state index < -0.39 is 23.9 Å². The van der Waals surface area contributed by atoms with Gasteiger partial charge in [0.1, 0.15) is 11.6 Å². The number of nitrogens with one attached hydrogen (secondary N) is 4. The fourth-order valence-electron chi connectivity index (χ4n) is 5.67. The molecular formula is C32H36ClFN6O6. The Labute approximate surface area is 270 Å². The number of imidazole rings is 1. The van der Waals surface area contributed by atoms with Gasteiger partial charge in [0.15, 0.2) is 0 Å². The maximum absolute atomic E-state index is 15.4. The molecule has 244 valence electrons. The molecule has 2 aliphatic rings. The number of carbonyl (C=O) groups excluding carboxylic acids is 4. The van der Waals surface area contributed by atoms with Crippen LogP contribution < -0.4 is 16.0 Å². The molecule has 12 nitrogen and oxygen atoms in total. The lowest BCUT2D eigenvalue weighted by Gasteiger charge is -2.28. The number of H-pyrrole nitrogens is 1. The van der Waals surface area contributed by atoms with Gasteiger partial charge in [-0.25, -0.2) is 19.0 Å². The Morgan fingerprint density at radius 3 is 2.72 bits per heavy atom. The van der Waals surface area contributed by atoms with E-state index >= 15 is 4.39 Å². The summed E-state index contributed by atoms with van der Waals surface area (Å²) < 4.78 is 25.3. The molecule has 3 aromatic rings. The van der Waals surface area contributed by atoms with Crippen LogP contribution >= 0.6 is 11.6 Å². The molecule has 4 amide bonds. The Morgan fingerprint density at radius 2 is 1.91 bits per heavy atom. The predicted octanol–water partition coefficient (Wildman–Crippen LogP) is 6.71. The summed E-state index contributed by atoms with van der Waals surface area (Å²) in [5.74, 6) is -1.40. The summed E-state index contributed by atoms with van der Waals surface area (Å²) in [5.41, 5.74) is 2.93. The quantitative estimate of drug-likeness (QED) is 0.239. The van der Waals surface area contributed by atoms with E-state index in [4.69, 9.17) is 26.1 Å². The Morgan fingerprint density at radius 1 is 1.09 bits per heavy atom. The van der Waals surface area contributed by atoms with E-state index in [1.165, 1.54) is 19.2 Å². The summed E-state index contributed by atoms with van der Waals surface area (Å²) in [5, 5.41) is 8.00. The van der Waals surface area contributed by atoms with Crippen molar-refractivity contribution in [1.82, 2.24) is 14.9 Å². The molecule has 0 radical (unpaired) electrons. The topological polar surface area (TPSA) is 155 Å². The Kier molecular flexibility index (Phi) is 10.4. The smallest absolute Gasteiger partial charge is 0.411 e. The lowest BCUT2D eigenvalue weighted by molar-refractivity contribution is -0.134. The summed E-state index contributed by atoms with van der Waals surface area (Å²) in [6.45, 7) is 2.14. The second-order valence-electron chi connectivity index (χ2n) is 11.3. The lowest BCUT2D eigenvalue weighted by atomic mass is 9.97. The van der Waals surface area contributed by atoms with Crippen LogP contribution in [0.3, 0.4) is 0 Å². The molecule has 0 unspecified atom stereocenters. The summed E-state index contributed by atoms with van der Waals surface area (Å²) in [6, 6.07) is 7.87. The van der Waals surface area contributed by atoms with Gasteiger partial charge in [-0.15, -0.1) is 0 Å². The fraction of sp³-hybridized carbons (Fsp3) is 0.406. The van der Waals surface area contributed by atoms with Gasteiger partial charge in [0, 0.05) is 35.5 Å². The zero-order valence-corrected chi connectivity index (χ0v) is 26.4. The number of ether oxygens (including phenoxy) is 2. The first kappa shape index (κ1) is 32.7. The average molecular weight is 655 g/mol. The summed E-state index contributed by atoms with van der Waals surface area (Å²) >= 11 is 6.12. The molecule has 46 heavy (non-hydrogen) atoms. The molecule has 5 rings (SSSR count). The molecule has 1 atom stereocenters. The van der Waals surface area contributed by atoms with Crippen molar-refractivity contribution in [2.45, 2.75) is 64.3 Å². The van der Waals surface area contributed by atoms with E-state index in [1.54, 1.807) is 23.1 Å². The minimum absolute atomic E-state index is 0.0792. The zero-order valence-electron chi connectivity index (χ0n) is 25.6. The third kappa shape index (κ3) is 7.58. The standard InChI is InChI=1S/C32H36ClFN6O6/c1-18-28-20-11-10-19(36-31(43)45-2)16-25(20)37-26(41)9-5-3-4-8-21(29(35-18)39-28)30(42)40-14-6-7-15-46-32(44)38-24-13-12-23(33)27(34)22(24)17-40/h10-13,16,21H,3-9,14-15,17H2,1-2H3,(H,35,39)(H,36,43)(H,37,41)(H,38,44)/t21-/m0/s1. The van der Waals surface area contributed by atoms with Gasteiger partial charge in [0.05, 0.1) is 48.3 Å². The van der Waals surface area contributed by atoms with Gasteiger partial charge in [0.25, 0.3) is 0 Å². The number of rotatable bonds is 2. The van der Waals surface area contributed by atoms with Gasteiger partial charge in [-0.2, -0.15) is 0 Å². The molecule has 0 aliphatic carbocycles.